The first-order valence-electron chi connectivity index (χ1n) is 21.7. The van der Waals surface area contributed by atoms with Crippen molar-refractivity contribution in [3.63, 3.8) is 0 Å². The quantitative estimate of drug-likeness (QED) is 0.0693. The average molecular weight is 665 g/mol. The molecule has 4 fully saturated rings. The summed E-state index contributed by atoms with van der Waals surface area (Å²) >= 11 is 0. The fraction of sp³-hybridized carbons (Fsp3) is 0.891. The van der Waals surface area contributed by atoms with Gasteiger partial charge in [-0.2, -0.15) is 0 Å². The molecule has 10 atom stereocenters. The van der Waals surface area contributed by atoms with Gasteiger partial charge >= 0.3 is 5.97 Å². The number of hydrogen-bond acceptors (Lipinski definition) is 2. The third-order valence-corrected chi connectivity index (χ3v) is 15.2. The molecule has 4 aliphatic rings. The zero-order chi connectivity index (χ0) is 34.4. The Morgan fingerprint density at radius 3 is 2.19 bits per heavy atom. The summed E-state index contributed by atoms with van der Waals surface area (Å²) in [6.07, 6.45) is 40.9. The second-order valence-electron chi connectivity index (χ2n) is 18.3. The Labute approximate surface area is 299 Å². The summed E-state index contributed by atoms with van der Waals surface area (Å²) in [5.41, 5.74) is 1.23. The second kappa shape index (κ2) is 20.1. The number of ether oxygens (including phenoxy) is 1. The number of carbonyl (C=O) groups excluding carboxylic acids is 1. The SMILES string of the molecule is CCCCC/C=C\C/C=C\CCCCCCCC(=O)OCC(C)C(C)CCC(C)[C@H]1CC[C@H]2[C@@H]3CCC4CCCC[C@]4(C)[C@H]3CC[C@]12C. The Bertz CT molecular complexity index is 981. The number of rotatable bonds is 21. The van der Waals surface area contributed by atoms with Gasteiger partial charge in [0.15, 0.2) is 0 Å². The molecular formula is C46H80O2. The highest BCUT2D eigenvalue weighted by Gasteiger charge is 2.60. The summed E-state index contributed by atoms with van der Waals surface area (Å²) in [5.74, 6) is 6.83. The topological polar surface area (TPSA) is 26.3 Å². The normalized spacial score (nSPS) is 33.7. The third-order valence-electron chi connectivity index (χ3n) is 15.2. The van der Waals surface area contributed by atoms with E-state index < -0.39 is 0 Å². The van der Waals surface area contributed by atoms with E-state index in [0.29, 0.717) is 35.7 Å². The van der Waals surface area contributed by atoms with Crippen LogP contribution in [0.5, 0.6) is 0 Å². The lowest BCUT2D eigenvalue weighted by molar-refractivity contribution is -0.145. The van der Waals surface area contributed by atoms with Crippen molar-refractivity contribution in [2.24, 2.45) is 58.2 Å². The molecule has 4 aliphatic carbocycles. The van der Waals surface area contributed by atoms with Crippen LogP contribution >= 0.6 is 0 Å². The molecule has 0 aliphatic heterocycles. The van der Waals surface area contributed by atoms with Crippen molar-refractivity contribution >= 4 is 5.97 Å². The summed E-state index contributed by atoms with van der Waals surface area (Å²) in [6, 6.07) is 0. The minimum Gasteiger partial charge on any atom is -0.465 e. The van der Waals surface area contributed by atoms with Crippen molar-refractivity contribution in [1.82, 2.24) is 0 Å². The van der Waals surface area contributed by atoms with Crippen molar-refractivity contribution in [1.29, 1.82) is 0 Å². The molecule has 2 nitrogen and oxygen atoms in total. The predicted molar refractivity (Wildman–Crippen MR) is 207 cm³/mol. The summed E-state index contributed by atoms with van der Waals surface area (Å²) in [6.45, 7) is 15.6. The number of fused-ring (bicyclic) bond motifs is 5. The molecule has 0 aromatic rings. The maximum Gasteiger partial charge on any atom is 0.305 e. The van der Waals surface area contributed by atoms with Crippen LogP contribution in [0.15, 0.2) is 24.3 Å². The Morgan fingerprint density at radius 2 is 1.42 bits per heavy atom. The van der Waals surface area contributed by atoms with E-state index in [4.69, 9.17) is 4.74 Å². The van der Waals surface area contributed by atoms with Crippen LogP contribution in [0.4, 0.5) is 0 Å². The van der Waals surface area contributed by atoms with E-state index in [2.05, 4.69) is 65.8 Å². The molecule has 4 rings (SSSR count). The van der Waals surface area contributed by atoms with E-state index in [9.17, 15) is 4.79 Å². The van der Waals surface area contributed by atoms with Gasteiger partial charge in [0.2, 0.25) is 0 Å². The first-order valence-corrected chi connectivity index (χ1v) is 21.7. The third kappa shape index (κ3) is 10.7. The molecule has 0 aromatic carbocycles. The Kier molecular flexibility index (Phi) is 16.6. The minimum absolute atomic E-state index is 0.0183. The molecule has 0 aromatic heterocycles. The molecule has 48 heavy (non-hydrogen) atoms. The van der Waals surface area contributed by atoms with Gasteiger partial charge in [0, 0.05) is 6.42 Å². The van der Waals surface area contributed by atoms with Crippen LogP contribution in [-0.2, 0) is 9.53 Å². The van der Waals surface area contributed by atoms with E-state index in [0.717, 1.165) is 54.8 Å². The van der Waals surface area contributed by atoms with Crippen LogP contribution in [0.2, 0.25) is 0 Å². The maximum absolute atomic E-state index is 12.5. The molecule has 4 saturated carbocycles. The fourth-order valence-electron chi connectivity index (χ4n) is 11.8. The highest BCUT2D eigenvalue weighted by Crippen LogP contribution is 2.68. The Balaban J connectivity index is 1.05. The number of unbranched alkanes of at least 4 members (excludes halogenated alkanes) is 8. The van der Waals surface area contributed by atoms with Gasteiger partial charge < -0.3 is 4.74 Å². The van der Waals surface area contributed by atoms with Crippen LogP contribution < -0.4 is 0 Å². The van der Waals surface area contributed by atoms with E-state index >= 15 is 0 Å². The maximum atomic E-state index is 12.5. The van der Waals surface area contributed by atoms with E-state index in [1.54, 1.807) is 0 Å². The summed E-state index contributed by atoms with van der Waals surface area (Å²) in [5, 5.41) is 0. The van der Waals surface area contributed by atoms with Gasteiger partial charge in [0.05, 0.1) is 6.61 Å². The second-order valence-corrected chi connectivity index (χ2v) is 18.3. The molecule has 4 unspecified atom stereocenters. The highest BCUT2D eigenvalue weighted by molar-refractivity contribution is 5.69. The Morgan fingerprint density at radius 1 is 0.708 bits per heavy atom. The van der Waals surface area contributed by atoms with Gasteiger partial charge in [-0.3, -0.25) is 4.79 Å². The fourth-order valence-corrected chi connectivity index (χ4v) is 11.8. The van der Waals surface area contributed by atoms with Gasteiger partial charge in [-0.05, 0) is 148 Å². The molecule has 2 heteroatoms. The van der Waals surface area contributed by atoms with Crippen molar-refractivity contribution < 1.29 is 9.53 Å². The lowest BCUT2D eigenvalue weighted by Crippen LogP contribution is -2.53. The summed E-state index contributed by atoms with van der Waals surface area (Å²) in [7, 11) is 0. The zero-order valence-electron chi connectivity index (χ0n) is 32.9. The zero-order valence-corrected chi connectivity index (χ0v) is 32.9. The largest absolute Gasteiger partial charge is 0.465 e. The first-order chi connectivity index (χ1) is 23.2. The van der Waals surface area contributed by atoms with Crippen molar-refractivity contribution in [2.75, 3.05) is 6.61 Å². The van der Waals surface area contributed by atoms with Crippen LogP contribution in [0.25, 0.3) is 0 Å². The van der Waals surface area contributed by atoms with E-state index in [-0.39, 0.29) is 5.97 Å². The van der Waals surface area contributed by atoms with Gasteiger partial charge in [-0.25, -0.2) is 0 Å². The van der Waals surface area contributed by atoms with Crippen LogP contribution in [0.3, 0.4) is 0 Å². The highest BCUT2D eigenvalue weighted by atomic mass is 16.5. The van der Waals surface area contributed by atoms with Crippen LogP contribution in [-0.4, -0.2) is 12.6 Å². The Hall–Kier alpha value is -1.05. The summed E-state index contributed by atoms with van der Waals surface area (Å²) in [4.78, 5) is 12.5. The number of carbonyl (C=O) groups is 1. The lowest BCUT2D eigenvalue weighted by atomic mass is 9.44. The molecule has 0 amide bonds. The standard InChI is InChI=1S/C46H80O2/c1-7-8-9-10-11-12-13-14-15-16-17-18-19-20-21-25-44(47)48-35-38(4)36(2)26-27-37(3)41-30-31-42-40-29-28-39-24-22-23-33-45(39,5)43(40)32-34-46(41,42)6/h11-12,14-15,36-43H,7-10,13,16-35H2,1-6H3/b12-11-,15-14-/t36?,37?,38?,39?,40-,41+,42-,43-,45-,46+/m0/s1. The van der Waals surface area contributed by atoms with Gasteiger partial charge in [-0.15, -0.1) is 0 Å². The molecule has 0 heterocycles. The van der Waals surface area contributed by atoms with Gasteiger partial charge in [-0.1, -0.05) is 124 Å². The van der Waals surface area contributed by atoms with Crippen molar-refractivity contribution in [3.05, 3.63) is 24.3 Å². The monoisotopic (exact) mass is 665 g/mol. The molecule has 0 spiro atoms. The van der Waals surface area contributed by atoms with E-state index in [1.165, 1.54) is 128 Å². The van der Waals surface area contributed by atoms with Crippen molar-refractivity contribution in [3.8, 4) is 0 Å². The number of hydrogen-bond donors (Lipinski definition) is 0. The van der Waals surface area contributed by atoms with Gasteiger partial charge in [0.1, 0.15) is 0 Å². The molecule has 0 radical (unpaired) electrons. The summed E-state index contributed by atoms with van der Waals surface area (Å²) < 4.78 is 5.78. The molecule has 0 bridgehead atoms. The van der Waals surface area contributed by atoms with Gasteiger partial charge in [0.25, 0.3) is 0 Å². The molecule has 0 N–H and O–H groups in total. The van der Waals surface area contributed by atoms with E-state index in [1.807, 2.05) is 0 Å². The number of esters is 1. The average Bonchev–Trinajstić information content (AvgIpc) is 3.44. The number of allylic oxidation sites excluding steroid dienone is 4. The molecule has 0 saturated heterocycles. The van der Waals surface area contributed by atoms with Crippen LogP contribution in [0, 0.1) is 58.2 Å². The predicted octanol–water partition coefficient (Wildman–Crippen LogP) is 14.1. The minimum atomic E-state index is 0.0183. The van der Waals surface area contributed by atoms with Crippen LogP contribution in [0.1, 0.15) is 196 Å². The molecule has 276 valence electrons. The smallest absolute Gasteiger partial charge is 0.305 e. The van der Waals surface area contributed by atoms with Crippen molar-refractivity contribution in [2.45, 2.75) is 196 Å². The lowest BCUT2D eigenvalue weighted by Gasteiger charge is -2.61. The molecular weight excluding hydrogens is 585 g/mol. The first kappa shape index (κ1) is 39.7.